The fourth-order valence-corrected chi connectivity index (χ4v) is 1.80. The summed E-state index contributed by atoms with van der Waals surface area (Å²) in [5.74, 6) is 0. The summed E-state index contributed by atoms with van der Waals surface area (Å²) in [6.45, 7) is 3.55. The average Bonchev–Trinajstić information content (AvgIpc) is 1.30. The van der Waals surface area contributed by atoms with Gasteiger partial charge in [-0.05, 0) is 6.04 Å². The van der Waals surface area contributed by atoms with Gasteiger partial charge >= 0.3 is 6.00 Å². The maximum atomic E-state index is 5.46. The predicted octanol–water partition coefficient (Wildman–Crippen LogP) is 2.87. The predicted molar refractivity (Wildman–Crippen MR) is 38.1 cm³/mol. The molecule has 1 radical (unpaired) electrons. The number of halogens is 3. The maximum absolute atomic E-state index is 5.46. The van der Waals surface area contributed by atoms with Gasteiger partial charge in [-0.2, -0.15) is 0 Å². The van der Waals surface area contributed by atoms with Crippen molar-refractivity contribution in [1.82, 2.24) is 0 Å². The summed E-state index contributed by atoms with van der Waals surface area (Å²) in [6, 6.07) is -1.64. The molecule has 0 rings (SSSR count). The zero-order chi connectivity index (χ0) is 5.91. The minimum atomic E-state index is -2.30. The van der Waals surface area contributed by atoms with E-state index in [-0.39, 0.29) is 0 Å². The van der Waals surface area contributed by atoms with Crippen molar-refractivity contribution in [2.45, 2.75) is 12.5 Å². The van der Waals surface area contributed by atoms with E-state index in [1.807, 2.05) is 0 Å². The molecule has 0 unspecified atom stereocenters. The summed E-state index contributed by atoms with van der Waals surface area (Å²) in [6.07, 6.45) is 0.725. The van der Waals surface area contributed by atoms with E-state index in [0.717, 1.165) is 6.42 Å². The molecule has 0 nitrogen and oxygen atoms in total. The molecule has 0 amide bonds. The molecule has 0 aromatic rings. The summed E-state index contributed by atoms with van der Waals surface area (Å²) in [5, 5.41) is 0. The normalized spacial score (nSPS) is 12.0. The SMILES string of the molecule is [CH2]CC[Si](Cl)(Cl)Cl. The highest BCUT2D eigenvalue weighted by atomic mass is 35.8. The topological polar surface area (TPSA) is 0 Å². The Hall–Kier alpha value is 1.09. The molecule has 0 N–H and O–H groups in total. The molecule has 0 heterocycles. The first-order valence-corrected chi connectivity index (χ1v) is 7.16. The zero-order valence-electron chi connectivity index (χ0n) is 3.76. The van der Waals surface area contributed by atoms with Gasteiger partial charge in [0, 0.05) is 0 Å². The quantitative estimate of drug-likeness (QED) is 0.448. The van der Waals surface area contributed by atoms with Crippen molar-refractivity contribution in [2.75, 3.05) is 0 Å². The van der Waals surface area contributed by atoms with Crippen LogP contribution < -0.4 is 0 Å². The van der Waals surface area contributed by atoms with E-state index in [1.165, 1.54) is 0 Å². The lowest BCUT2D eigenvalue weighted by atomic mass is 10.6. The Morgan fingerprint density at radius 3 is 1.71 bits per heavy atom. The van der Waals surface area contributed by atoms with Gasteiger partial charge in [0.15, 0.2) is 0 Å². The Morgan fingerprint density at radius 2 is 1.71 bits per heavy atom. The van der Waals surface area contributed by atoms with E-state index in [1.54, 1.807) is 0 Å². The molecule has 0 aromatic carbocycles. The van der Waals surface area contributed by atoms with Crippen LogP contribution in [-0.4, -0.2) is 6.00 Å². The molecule has 0 fully saturated rings. The second kappa shape index (κ2) is 3.18. The third kappa shape index (κ3) is 7.09. The molecule has 0 atom stereocenters. The minimum absolute atomic E-state index is 0.664. The number of hydrogen-bond donors (Lipinski definition) is 0. The third-order valence-electron chi connectivity index (χ3n) is 0.460. The van der Waals surface area contributed by atoms with E-state index in [2.05, 4.69) is 6.92 Å². The van der Waals surface area contributed by atoms with Crippen molar-refractivity contribution in [3.05, 3.63) is 6.92 Å². The Labute approximate surface area is 58.9 Å². The second-order valence-electron chi connectivity index (χ2n) is 1.22. The first-order valence-electron chi connectivity index (χ1n) is 1.92. The minimum Gasteiger partial charge on any atom is -0.126 e. The van der Waals surface area contributed by atoms with Crippen LogP contribution in [0.2, 0.25) is 6.04 Å². The second-order valence-corrected chi connectivity index (χ2v) is 10.5. The van der Waals surface area contributed by atoms with Gasteiger partial charge in [0.1, 0.15) is 0 Å². The van der Waals surface area contributed by atoms with Crippen LogP contribution in [0.15, 0.2) is 0 Å². The summed E-state index contributed by atoms with van der Waals surface area (Å²) >= 11 is 16.4. The van der Waals surface area contributed by atoms with Crippen LogP contribution in [0.4, 0.5) is 0 Å². The van der Waals surface area contributed by atoms with E-state index in [4.69, 9.17) is 33.2 Å². The van der Waals surface area contributed by atoms with Crippen molar-refractivity contribution in [2.24, 2.45) is 0 Å². The molecular weight excluding hydrogens is 170 g/mol. The van der Waals surface area contributed by atoms with Gasteiger partial charge in [-0.3, -0.25) is 0 Å². The van der Waals surface area contributed by atoms with Crippen LogP contribution in [0.1, 0.15) is 6.42 Å². The first-order chi connectivity index (χ1) is 3.06. The summed E-state index contributed by atoms with van der Waals surface area (Å²) in [7, 11) is 0. The highest BCUT2D eigenvalue weighted by Crippen LogP contribution is 2.25. The molecule has 43 valence electrons. The standard InChI is InChI=1S/C3H6Cl3Si/c1-2-3-7(4,5)6/h1-3H2. The highest BCUT2D eigenvalue weighted by molar-refractivity contribution is 7.64. The monoisotopic (exact) mass is 175 g/mol. The lowest BCUT2D eigenvalue weighted by Crippen LogP contribution is -2.06. The van der Waals surface area contributed by atoms with Crippen LogP contribution in [0, 0.1) is 6.92 Å². The Balaban J connectivity index is 3.15. The smallest absolute Gasteiger partial charge is 0.126 e. The van der Waals surface area contributed by atoms with Crippen molar-refractivity contribution in [3.8, 4) is 0 Å². The van der Waals surface area contributed by atoms with Crippen LogP contribution >= 0.6 is 33.2 Å². The number of hydrogen-bond acceptors (Lipinski definition) is 0. The lowest BCUT2D eigenvalue weighted by Gasteiger charge is -2.01. The van der Waals surface area contributed by atoms with Crippen LogP contribution in [0.5, 0.6) is 0 Å². The molecular formula is C3H6Cl3Si. The molecule has 0 bridgehead atoms. The third-order valence-corrected chi connectivity index (χ3v) is 3.08. The van der Waals surface area contributed by atoms with Gasteiger partial charge in [-0.25, -0.2) is 0 Å². The fourth-order valence-electron chi connectivity index (χ4n) is 0.200. The van der Waals surface area contributed by atoms with Crippen LogP contribution in [0.3, 0.4) is 0 Å². The van der Waals surface area contributed by atoms with Gasteiger partial charge < -0.3 is 0 Å². The summed E-state index contributed by atoms with van der Waals surface area (Å²) in [5.41, 5.74) is 0. The van der Waals surface area contributed by atoms with E-state index >= 15 is 0 Å². The molecule has 0 saturated heterocycles. The van der Waals surface area contributed by atoms with Crippen molar-refractivity contribution in [3.63, 3.8) is 0 Å². The zero-order valence-corrected chi connectivity index (χ0v) is 7.02. The Morgan fingerprint density at radius 1 is 1.29 bits per heavy atom. The molecule has 0 spiro atoms. The van der Waals surface area contributed by atoms with Gasteiger partial charge in [-0.15, -0.1) is 33.2 Å². The van der Waals surface area contributed by atoms with Crippen molar-refractivity contribution < 1.29 is 0 Å². The van der Waals surface area contributed by atoms with Crippen molar-refractivity contribution in [1.29, 1.82) is 0 Å². The van der Waals surface area contributed by atoms with Crippen LogP contribution in [-0.2, 0) is 0 Å². The maximum Gasteiger partial charge on any atom is 0.341 e. The Kier molecular flexibility index (Phi) is 3.67. The highest BCUT2D eigenvalue weighted by Gasteiger charge is 2.22. The van der Waals surface area contributed by atoms with E-state index in [9.17, 15) is 0 Å². The van der Waals surface area contributed by atoms with Gasteiger partial charge in [0.2, 0.25) is 0 Å². The van der Waals surface area contributed by atoms with E-state index < -0.39 is 6.00 Å². The van der Waals surface area contributed by atoms with Crippen LogP contribution in [0.25, 0.3) is 0 Å². The molecule has 0 aromatic heterocycles. The molecule has 0 aliphatic heterocycles. The molecule has 0 aliphatic rings. The summed E-state index contributed by atoms with van der Waals surface area (Å²) < 4.78 is 0. The average molecular weight is 177 g/mol. The molecule has 0 aliphatic carbocycles. The fraction of sp³-hybridized carbons (Fsp3) is 0.667. The van der Waals surface area contributed by atoms with E-state index in [0.29, 0.717) is 6.04 Å². The Bertz CT molecular complexity index is 48.6. The van der Waals surface area contributed by atoms with Gasteiger partial charge in [0.25, 0.3) is 0 Å². The largest absolute Gasteiger partial charge is 0.341 e. The molecule has 0 saturated carbocycles. The van der Waals surface area contributed by atoms with Gasteiger partial charge in [0.05, 0.1) is 0 Å². The van der Waals surface area contributed by atoms with Crippen molar-refractivity contribution >= 4 is 39.2 Å². The number of rotatable bonds is 2. The van der Waals surface area contributed by atoms with Gasteiger partial charge in [-0.1, -0.05) is 13.3 Å². The summed E-state index contributed by atoms with van der Waals surface area (Å²) in [4.78, 5) is 0. The molecule has 4 heteroatoms. The lowest BCUT2D eigenvalue weighted by molar-refractivity contribution is 1.20. The molecule has 7 heavy (non-hydrogen) atoms. The first kappa shape index (κ1) is 8.09.